The second-order valence-corrected chi connectivity index (χ2v) is 4.78. The molecule has 0 N–H and O–H groups in total. The molecule has 0 radical (unpaired) electrons. The van der Waals surface area contributed by atoms with E-state index in [0.717, 1.165) is 37.0 Å². The minimum atomic E-state index is 0.405. The summed E-state index contributed by atoms with van der Waals surface area (Å²) in [6, 6.07) is 6.26. The molecule has 1 aliphatic heterocycles. The molecular formula is C13H18N4O. The monoisotopic (exact) mass is 246 g/mol. The summed E-state index contributed by atoms with van der Waals surface area (Å²) in [5, 5.41) is 8.37. The minimum absolute atomic E-state index is 0.405. The van der Waals surface area contributed by atoms with Crippen molar-refractivity contribution < 1.29 is 4.74 Å². The molecule has 5 heteroatoms. The Balaban J connectivity index is 1.91. The van der Waals surface area contributed by atoms with Gasteiger partial charge >= 0.3 is 0 Å². The van der Waals surface area contributed by atoms with Crippen molar-refractivity contribution in [1.29, 1.82) is 0 Å². The fourth-order valence-corrected chi connectivity index (χ4v) is 2.63. The van der Waals surface area contributed by atoms with Gasteiger partial charge in [0.2, 0.25) is 0 Å². The molecule has 0 unspecified atom stereocenters. The van der Waals surface area contributed by atoms with Crippen LogP contribution in [0.5, 0.6) is 0 Å². The molecule has 0 amide bonds. The zero-order valence-electron chi connectivity index (χ0n) is 10.8. The number of methoxy groups -OCH3 is 1. The maximum atomic E-state index is 5.41. The van der Waals surface area contributed by atoms with Crippen LogP contribution in [0.3, 0.4) is 0 Å². The lowest BCUT2D eigenvalue weighted by Crippen LogP contribution is -2.36. The number of aromatic nitrogens is 3. The maximum absolute atomic E-state index is 5.41. The van der Waals surface area contributed by atoms with Crippen LogP contribution in [0.15, 0.2) is 18.2 Å². The molecule has 5 nitrogen and oxygen atoms in total. The topological polar surface area (TPSA) is 43.2 Å². The van der Waals surface area contributed by atoms with E-state index < -0.39 is 0 Å². The summed E-state index contributed by atoms with van der Waals surface area (Å²) in [6.45, 7) is 2.04. The number of hydrogen-bond acceptors (Lipinski definition) is 4. The highest BCUT2D eigenvalue weighted by molar-refractivity contribution is 5.88. The second-order valence-electron chi connectivity index (χ2n) is 4.78. The summed E-state index contributed by atoms with van der Waals surface area (Å²) in [5.74, 6) is 0. The van der Waals surface area contributed by atoms with Gasteiger partial charge < -0.3 is 9.64 Å². The van der Waals surface area contributed by atoms with Gasteiger partial charge in [0.1, 0.15) is 5.52 Å². The van der Waals surface area contributed by atoms with Crippen molar-refractivity contribution in [2.75, 3.05) is 25.1 Å². The van der Waals surface area contributed by atoms with Crippen molar-refractivity contribution in [2.24, 2.45) is 7.05 Å². The van der Waals surface area contributed by atoms with Crippen molar-refractivity contribution in [3.63, 3.8) is 0 Å². The number of piperidine rings is 1. The fourth-order valence-electron chi connectivity index (χ4n) is 2.63. The van der Waals surface area contributed by atoms with Gasteiger partial charge in [-0.2, -0.15) is 0 Å². The zero-order valence-corrected chi connectivity index (χ0v) is 10.8. The molecule has 1 saturated heterocycles. The van der Waals surface area contributed by atoms with Crippen molar-refractivity contribution in [3.05, 3.63) is 18.2 Å². The maximum Gasteiger partial charge on any atom is 0.136 e. The molecule has 18 heavy (non-hydrogen) atoms. The van der Waals surface area contributed by atoms with E-state index in [1.54, 1.807) is 7.11 Å². The average molecular weight is 246 g/mol. The van der Waals surface area contributed by atoms with Crippen LogP contribution in [0.2, 0.25) is 0 Å². The molecule has 1 aliphatic rings. The molecule has 96 valence electrons. The molecular weight excluding hydrogens is 228 g/mol. The quantitative estimate of drug-likeness (QED) is 0.807. The number of fused-ring (bicyclic) bond motifs is 1. The Morgan fingerprint density at radius 2 is 2.06 bits per heavy atom. The smallest absolute Gasteiger partial charge is 0.136 e. The van der Waals surface area contributed by atoms with Crippen LogP contribution < -0.4 is 4.90 Å². The third kappa shape index (κ3) is 1.84. The van der Waals surface area contributed by atoms with Crippen molar-refractivity contribution in [1.82, 2.24) is 15.0 Å². The number of benzene rings is 1. The number of anilines is 1. The van der Waals surface area contributed by atoms with Gasteiger partial charge in [-0.05, 0) is 25.0 Å². The predicted octanol–water partition coefficient (Wildman–Crippen LogP) is 1.58. The molecule has 0 bridgehead atoms. The second kappa shape index (κ2) is 4.57. The first-order valence-corrected chi connectivity index (χ1v) is 6.35. The van der Waals surface area contributed by atoms with Crippen LogP contribution in [-0.2, 0) is 11.8 Å². The number of nitrogens with zero attached hydrogens (tertiary/aromatic N) is 4. The molecule has 1 fully saturated rings. The molecule has 3 rings (SSSR count). The fraction of sp³-hybridized carbons (Fsp3) is 0.538. The molecule has 2 aromatic rings. The third-order valence-electron chi connectivity index (χ3n) is 3.74. The number of ether oxygens (including phenoxy) is 1. The predicted molar refractivity (Wildman–Crippen MR) is 70.8 cm³/mol. The molecule has 0 atom stereocenters. The lowest BCUT2D eigenvalue weighted by molar-refractivity contribution is 0.0819. The minimum Gasteiger partial charge on any atom is -0.381 e. The Hall–Kier alpha value is -1.62. The highest BCUT2D eigenvalue weighted by Gasteiger charge is 2.21. The summed E-state index contributed by atoms with van der Waals surface area (Å²) in [4.78, 5) is 2.38. The summed E-state index contributed by atoms with van der Waals surface area (Å²) >= 11 is 0. The molecule has 0 spiro atoms. The first-order chi connectivity index (χ1) is 8.79. The Morgan fingerprint density at radius 3 is 2.78 bits per heavy atom. The normalized spacial score (nSPS) is 17.6. The van der Waals surface area contributed by atoms with Gasteiger partial charge in [-0.3, -0.25) is 0 Å². The van der Waals surface area contributed by atoms with Crippen molar-refractivity contribution >= 4 is 16.7 Å². The first-order valence-electron chi connectivity index (χ1n) is 6.35. The SMILES string of the molecule is COC1CCN(c2cccc3c2nnn3C)CC1. The van der Waals surface area contributed by atoms with Gasteiger partial charge in [0.05, 0.1) is 17.3 Å². The van der Waals surface area contributed by atoms with Gasteiger partial charge in [0.15, 0.2) is 0 Å². The Morgan fingerprint density at radius 1 is 1.28 bits per heavy atom. The van der Waals surface area contributed by atoms with E-state index in [1.165, 1.54) is 5.69 Å². The molecule has 1 aromatic carbocycles. The third-order valence-corrected chi connectivity index (χ3v) is 3.74. The van der Waals surface area contributed by atoms with Gasteiger partial charge in [-0.1, -0.05) is 11.3 Å². The summed E-state index contributed by atoms with van der Waals surface area (Å²) in [6.07, 6.45) is 2.56. The van der Waals surface area contributed by atoms with Crippen LogP contribution >= 0.6 is 0 Å². The van der Waals surface area contributed by atoms with Gasteiger partial charge in [-0.15, -0.1) is 5.10 Å². The van der Waals surface area contributed by atoms with Crippen LogP contribution in [-0.4, -0.2) is 41.3 Å². The highest BCUT2D eigenvalue weighted by atomic mass is 16.5. The summed E-state index contributed by atoms with van der Waals surface area (Å²) < 4.78 is 7.23. The first kappa shape index (κ1) is 11.5. The van der Waals surface area contributed by atoms with Gasteiger partial charge in [0.25, 0.3) is 0 Å². The van der Waals surface area contributed by atoms with E-state index in [0.29, 0.717) is 6.10 Å². The zero-order chi connectivity index (χ0) is 12.5. The van der Waals surface area contributed by atoms with Crippen molar-refractivity contribution in [3.8, 4) is 0 Å². The van der Waals surface area contributed by atoms with E-state index in [2.05, 4.69) is 33.4 Å². The Labute approximate surface area is 106 Å². The highest BCUT2D eigenvalue weighted by Crippen LogP contribution is 2.27. The van der Waals surface area contributed by atoms with E-state index in [-0.39, 0.29) is 0 Å². The van der Waals surface area contributed by atoms with E-state index in [1.807, 2.05) is 11.7 Å². The van der Waals surface area contributed by atoms with Crippen LogP contribution in [0.1, 0.15) is 12.8 Å². The number of hydrogen-bond donors (Lipinski definition) is 0. The van der Waals surface area contributed by atoms with E-state index >= 15 is 0 Å². The molecule has 1 aromatic heterocycles. The molecule has 0 aliphatic carbocycles. The largest absolute Gasteiger partial charge is 0.381 e. The van der Waals surface area contributed by atoms with Gasteiger partial charge in [0, 0.05) is 27.2 Å². The number of rotatable bonds is 2. The van der Waals surface area contributed by atoms with Crippen LogP contribution in [0, 0.1) is 0 Å². The summed E-state index contributed by atoms with van der Waals surface area (Å²) in [5.41, 5.74) is 3.27. The van der Waals surface area contributed by atoms with Crippen LogP contribution in [0.4, 0.5) is 5.69 Å². The Kier molecular flexibility index (Phi) is 2.91. The lowest BCUT2D eigenvalue weighted by atomic mass is 10.1. The van der Waals surface area contributed by atoms with Crippen molar-refractivity contribution in [2.45, 2.75) is 18.9 Å². The van der Waals surface area contributed by atoms with E-state index in [4.69, 9.17) is 4.74 Å². The number of aryl methyl sites for hydroxylation is 1. The molecule has 2 heterocycles. The Bertz CT molecular complexity index is 543. The standard InChI is InChI=1S/C13H18N4O/c1-16-11-4-3-5-12(13(11)14-15-16)17-8-6-10(18-2)7-9-17/h3-5,10H,6-9H2,1-2H3. The summed E-state index contributed by atoms with van der Waals surface area (Å²) in [7, 11) is 3.72. The van der Waals surface area contributed by atoms with Gasteiger partial charge in [-0.25, -0.2) is 4.68 Å². The molecule has 0 saturated carbocycles. The average Bonchev–Trinajstić information content (AvgIpc) is 2.81. The lowest BCUT2D eigenvalue weighted by Gasteiger charge is -2.32. The van der Waals surface area contributed by atoms with Crippen LogP contribution in [0.25, 0.3) is 11.0 Å². The van der Waals surface area contributed by atoms with E-state index in [9.17, 15) is 0 Å².